The fourth-order valence-electron chi connectivity index (χ4n) is 4.44. The van der Waals surface area contributed by atoms with Gasteiger partial charge in [0.2, 0.25) is 0 Å². The van der Waals surface area contributed by atoms with Crippen LogP contribution in [0.25, 0.3) is 10.9 Å². The van der Waals surface area contributed by atoms with Gasteiger partial charge in [-0.3, -0.25) is 9.88 Å². The maximum absolute atomic E-state index is 11.2. The molecule has 1 aromatic carbocycles. The minimum absolute atomic E-state index is 0.178. The first kappa shape index (κ1) is 19.6. The first-order valence-corrected chi connectivity index (χ1v) is 11.2. The van der Waals surface area contributed by atoms with E-state index in [4.69, 9.17) is 4.74 Å². The van der Waals surface area contributed by atoms with Crippen molar-refractivity contribution in [2.45, 2.75) is 25.0 Å². The lowest BCUT2D eigenvalue weighted by Gasteiger charge is -2.50. The monoisotopic (exact) mass is 466 g/mol. The highest BCUT2D eigenvalue weighted by Crippen LogP contribution is 2.42. The number of piperidine rings is 3. The first-order valence-electron chi connectivity index (χ1n) is 9.06. The van der Waals surface area contributed by atoms with Gasteiger partial charge in [0.15, 0.2) is 0 Å². The molecule has 5 rings (SSSR count). The van der Waals surface area contributed by atoms with Crippen molar-refractivity contribution in [2.75, 3.05) is 25.1 Å². The highest BCUT2D eigenvalue weighted by molar-refractivity contribution is 14.1. The van der Waals surface area contributed by atoms with Crippen molar-refractivity contribution in [3.05, 3.63) is 48.7 Å². The normalized spacial score (nSPS) is 28.2. The zero-order valence-electron chi connectivity index (χ0n) is 15.4. The number of ether oxygens (including phenoxy) is 1. The summed E-state index contributed by atoms with van der Waals surface area (Å²) in [7, 11) is 1.66. The van der Waals surface area contributed by atoms with E-state index in [-0.39, 0.29) is 6.04 Å². The van der Waals surface area contributed by atoms with Crippen LogP contribution in [-0.4, -0.2) is 46.2 Å². The summed E-state index contributed by atoms with van der Waals surface area (Å²) in [5.41, 5.74) is 1.85. The second-order valence-electron chi connectivity index (χ2n) is 6.97. The Bertz CT molecular complexity index is 767. The molecule has 3 aliphatic heterocycles. The largest absolute Gasteiger partial charge is 0.497 e. The number of pyridine rings is 1. The Balaban J connectivity index is 0.000000948. The third-order valence-electron chi connectivity index (χ3n) is 5.82. The highest BCUT2D eigenvalue weighted by atomic mass is 127. The number of hydrogen-bond acceptors (Lipinski definition) is 4. The van der Waals surface area contributed by atoms with Gasteiger partial charge in [-0.15, -0.1) is 6.58 Å². The third-order valence-corrected chi connectivity index (χ3v) is 5.82. The summed E-state index contributed by atoms with van der Waals surface area (Å²) < 4.78 is 5.35. The Morgan fingerprint density at radius 2 is 2.19 bits per heavy atom. The lowest BCUT2D eigenvalue weighted by Crippen LogP contribution is -2.54. The van der Waals surface area contributed by atoms with Crippen molar-refractivity contribution >= 4 is 33.5 Å². The molecule has 140 valence electrons. The summed E-state index contributed by atoms with van der Waals surface area (Å²) in [4.78, 5) is 8.83. The van der Waals surface area contributed by atoms with Gasteiger partial charge in [0.25, 0.3) is 0 Å². The molecule has 3 aliphatic rings. The number of aliphatic hydroxyl groups excluding tert-OH is 1. The highest BCUT2D eigenvalue weighted by Gasteiger charge is 2.42. The van der Waals surface area contributed by atoms with Crippen molar-refractivity contribution in [3.63, 3.8) is 0 Å². The van der Waals surface area contributed by atoms with Crippen LogP contribution < -0.4 is 4.74 Å². The van der Waals surface area contributed by atoms with Crippen LogP contribution in [0.5, 0.6) is 5.75 Å². The molecule has 4 nitrogen and oxygen atoms in total. The number of alkyl halides is 1. The summed E-state index contributed by atoms with van der Waals surface area (Å²) in [5.74, 6) is 2.01. The fourth-order valence-corrected chi connectivity index (χ4v) is 4.44. The van der Waals surface area contributed by atoms with Crippen LogP contribution in [0.2, 0.25) is 0 Å². The summed E-state index contributed by atoms with van der Waals surface area (Å²) >= 11 is 2.15. The molecular weight excluding hydrogens is 439 g/mol. The molecule has 3 fully saturated rings. The molecule has 0 aliphatic carbocycles. The van der Waals surface area contributed by atoms with Gasteiger partial charge in [-0.1, -0.05) is 28.7 Å². The lowest BCUT2D eigenvalue weighted by atomic mass is 9.73. The Labute approximate surface area is 169 Å². The molecular formula is C21H27IN2O2. The molecule has 5 atom stereocenters. The molecule has 1 aromatic heterocycles. The molecule has 3 saturated heterocycles. The van der Waals surface area contributed by atoms with Crippen molar-refractivity contribution in [1.29, 1.82) is 0 Å². The quantitative estimate of drug-likeness (QED) is 0.417. The number of methoxy groups -OCH3 is 1. The van der Waals surface area contributed by atoms with Gasteiger partial charge in [0, 0.05) is 24.2 Å². The van der Waals surface area contributed by atoms with E-state index >= 15 is 0 Å². The van der Waals surface area contributed by atoms with Gasteiger partial charge < -0.3 is 9.84 Å². The molecule has 4 heterocycles. The SMILES string of the molecule is C=CC1CN2CCC1CC2C(O)c1ccnc2ccc(OC)cc12.CI. The number of aliphatic hydroxyl groups is 1. The average molecular weight is 466 g/mol. The third kappa shape index (κ3) is 3.62. The molecule has 26 heavy (non-hydrogen) atoms. The standard InChI is InChI=1S/C20H24N2O2.CH3I/c1-3-13-12-22-9-7-14(13)10-19(22)20(23)16-6-8-21-18-5-4-15(24-2)11-17(16)18;1-2/h3-6,8,11,13-14,19-20,23H,1,7,9-10,12H2,2H3;1H3. The Kier molecular flexibility index (Phi) is 6.53. The number of hydrogen-bond donors (Lipinski definition) is 1. The number of halogens is 1. The maximum Gasteiger partial charge on any atom is 0.119 e. The summed E-state index contributed by atoms with van der Waals surface area (Å²) in [6.07, 6.45) is 5.62. The molecule has 0 radical (unpaired) electrons. The van der Waals surface area contributed by atoms with Gasteiger partial charge in [-0.25, -0.2) is 0 Å². The first-order chi connectivity index (χ1) is 12.7. The van der Waals surface area contributed by atoms with Crippen molar-refractivity contribution in [3.8, 4) is 5.75 Å². The number of rotatable bonds is 4. The van der Waals surface area contributed by atoms with Gasteiger partial charge >= 0.3 is 0 Å². The minimum atomic E-state index is -0.504. The van der Waals surface area contributed by atoms with Crippen LogP contribution in [0.4, 0.5) is 0 Å². The Morgan fingerprint density at radius 3 is 2.85 bits per heavy atom. The molecule has 1 N–H and O–H groups in total. The van der Waals surface area contributed by atoms with Gasteiger partial charge in [0.05, 0.1) is 18.7 Å². The summed E-state index contributed by atoms with van der Waals surface area (Å²) in [6, 6.07) is 7.96. The van der Waals surface area contributed by atoms with Crippen LogP contribution in [0.1, 0.15) is 24.5 Å². The van der Waals surface area contributed by atoms with Crippen molar-refractivity contribution in [1.82, 2.24) is 9.88 Å². The zero-order chi connectivity index (χ0) is 18.7. The van der Waals surface area contributed by atoms with E-state index in [0.717, 1.165) is 41.7 Å². The molecule has 2 aromatic rings. The van der Waals surface area contributed by atoms with Crippen LogP contribution in [0, 0.1) is 11.8 Å². The summed E-state index contributed by atoms with van der Waals surface area (Å²) in [5, 5.41) is 12.1. The van der Waals surface area contributed by atoms with E-state index in [1.807, 2.05) is 29.2 Å². The van der Waals surface area contributed by atoms with E-state index in [0.29, 0.717) is 11.8 Å². The summed E-state index contributed by atoms with van der Waals surface area (Å²) in [6.45, 7) is 6.07. The Hall–Kier alpha value is -1.18. The van der Waals surface area contributed by atoms with Gasteiger partial charge in [0.1, 0.15) is 5.75 Å². The topological polar surface area (TPSA) is 45.6 Å². The molecule has 2 bridgehead atoms. The van der Waals surface area contributed by atoms with E-state index in [9.17, 15) is 5.11 Å². The molecule has 5 unspecified atom stereocenters. The van der Waals surface area contributed by atoms with Crippen LogP contribution in [-0.2, 0) is 0 Å². The van der Waals surface area contributed by atoms with Crippen molar-refractivity contribution in [2.24, 2.45) is 11.8 Å². The lowest BCUT2D eigenvalue weighted by molar-refractivity contribution is -0.0444. The predicted octanol–water partition coefficient (Wildman–Crippen LogP) is 4.22. The second-order valence-corrected chi connectivity index (χ2v) is 6.97. The van der Waals surface area contributed by atoms with Crippen LogP contribution in [0.3, 0.4) is 0 Å². The number of nitrogens with zero attached hydrogens (tertiary/aromatic N) is 2. The van der Waals surface area contributed by atoms with Crippen LogP contribution >= 0.6 is 22.6 Å². The van der Waals surface area contributed by atoms with E-state index in [1.54, 1.807) is 13.3 Å². The van der Waals surface area contributed by atoms with E-state index < -0.39 is 6.10 Å². The number of aromatic nitrogens is 1. The second kappa shape index (κ2) is 8.67. The molecule has 0 amide bonds. The smallest absolute Gasteiger partial charge is 0.119 e. The molecule has 0 spiro atoms. The number of benzene rings is 1. The van der Waals surface area contributed by atoms with Gasteiger partial charge in [-0.2, -0.15) is 0 Å². The van der Waals surface area contributed by atoms with E-state index in [1.165, 1.54) is 6.42 Å². The molecule has 5 heteroatoms. The van der Waals surface area contributed by atoms with Crippen molar-refractivity contribution < 1.29 is 9.84 Å². The molecule has 0 saturated carbocycles. The van der Waals surface area contributed by atoms with Crippen LogP contribution in [0.15, 0.2) is 43.1 Å². The predicted molar refractivity (Wildman–Crippen MR) is 115 cm³/mol. The van der Waals surface area contributed by atoms with E-state index in [2.05, 4.69) is 45.1 Å². The number of fused-ring (bicyclic) bond motifs is 4. The Morgan fingerprint density at radius 1 is 1.38 bits per heavy atom. The minimum Gasteiger partial charge on any atom is -0.497 e. The fraction of sp³-hybridized carbons (Fsp3) is 0.476. The van der Waals surface area contributed by atoms with Gasteiger partial charge in [-0.05, 0) is 66.0 Å². The zero-order valence-corrected chi connectivity index (χ0v) is 17.6. The maximum atomic E-state index is 11.2. The average Bonchev–Trinajstić information content (AvgIpc) is 2.73.